The number of aromatic nitrogens is 4. The Labute approximate surface area is 204 Å². The highest BCUT2D eigenvalue weighted by Gasteiger charge is 2.42. The molecule has 2 saturated heterocycles. The van der Waals surface area contributed by atoms with Gasteiger partial charge in [-0.15, -0.1) is 0 Å². The van der Waals surface area contributed by atoms with E-state index in [0.29, 0.717) is 55.7 Å². The highest BCUT2D eigenvalue weighted by molar-refractivity contribution is 5.69. The topological polar surface area (TPSA) is 132 Å². The number of anilines is 3. The number of carbonyl (C=O) groups excluding carboxylic acids is 1. The molecule has 35 heavy (non-hydrogen) atoms. The number of hydrogen-bond donors (Lipinski definition) is 2. The Morgan fingerprint density at radius 2 is 2.06 bits per heavy atom. The van der Waals surface area contributed by atoms with Crippen LogP contribution in [0.5, 0.6) is 0 Å². The molecule has 11 nitrogen and oxygen atoms in total. The van der Waals surface area contributed by atoms with E-state index in [9.17, 15) is 9.18 Å². The number of alkyl halides is 1. The number of morpholine rings is 1. The first-order valence-electron chi connectivity index (χ1n) is 11.7. The van der Waals surface area contributed by atoms with Gasteiger partial charge in [-0.1, -0.05) is 0 Å². The van der Waals surface area contributed by atoms with Crippen LogP contribution in [0.2, 0.25) is 0 Å². The summed E-state index contributed by atoms with van der Waals surface area (Å²) in [5.74, 6) is 1.10. The van der Waals surface area contributed by atoms with Crippen LogP contribution in [0.25, 0.3) is 11.3 Å². The van der Waals surface area contributed by atoms with Crippen molar-refractivity contribution in [3.8, 4) is 11.3 Å². The third kappa shape index (κ3) is 5.87. The zero-order valence-corrected chi connectivity index (χ0v) is 20.6. The second kappa shape index (κ2) is 9.76. The zero-order chi connectivity index (χ0) is 25.2. The Morgan fingerprint density at radius 3 is 2.71 bits per heavy atom. The normalized spacial score (nSPS) is 22.8. The third-order valence-electron chi connectivity index (χ3n) is 5.96. The van der Waals surface area contributed by atoms with Crippen LogP contribution in [0.3, 0.4) is 0 Å². The van der Waals surface area contributed by atoms with E-state index in [1.54, 1.807) is 39.2 Å². The predicted molar refractivity (Wildman–Crippen MR) is 130 cm³/mol. The number of ether oxygens (including phenoxy) is 2. The highest BCUT2D eigenvalue weighted by atomic mass is 19.1. The summed E-state index contributed by atoms with van der Waals surface area (Å²) in [6.45, 7) is 9.05. The van der Waals surface area contributed by atoms with Crippen LogP contribution >= 0.6 is 0 Å². The van der Waals surface area contributed by atoms with Crippen LogP contribution in [0.15, 0.2) is 18.5 Å². The molecule has 2 aliphatic rings. The van der Waals surface area contributed by atoms with Crippen LogP contribution in [-0.4, -0.2) is 87.6 Å². The molecule has 2 fully saturated rings. The van der Waals surface area contributed by atoms with E-state index in [1.807, 2.05) is 6.92 Å². The summed E-state index contributed by atoms with van der Waals surface area (Å²) in [4.78, 5) is 33.7. The Morgan fingerprint density at radius 1 is 1.31 bits per heavy atom. The van der Waals surface area contributed by atoms with Gasteiger partial charge in [-0.25, -0.2) is 24.1 Å². The van der Waals surface area contributed by atoms with E-state index >= 15 is 0 Å². The van der Waals surface area contributed by atoms with Crippen molar-refractivity contribution in [3.05, 3.63) is 18.5 Å². The molecule has 2 aromatic rings. The van der Waals surface area contributed by atoms with Crippen LogP contribution in [0.1, 0.15) is 34.1 Å². The first kappa shape index (κ1) is 24.8. The number of nitrogens with two attached hydrogens (primary N) is 1. The molecule has 12 heteroatoms. The van der Waals surface area contributed by atoms with E-state index < -0.39 is 23.9 Å². The molecular weight excluding hydrogens is 455 g/mol. The van der Waals surface area contributed by atoms with Crippen LogP contribution in [0, 0.1) is 0 Å². The lowest BCUT2D eigenvalue weighted by Crippen LogP contribution is -2.46. The maximum absolute atomic E-state index is 14.5. The van der Waals surface area contributed by atoms with E-state index in [1.165, 1.54) is 4.90 Å². The third-order valence-corrected chi connectivity index (χ3v) is 5.96. The average Bonchev–Trinajstić information content (AvgIpc) is 3.23. The number of nitrogens with one attached hydrogen (secondary N) is 1. The fourth-order valence-corrected chi connectivity index (χ4v) is 4.14. The first-order chi connectivity index (χ1) is 16.6. The average molecular weight is 489 g/mol. The first-order valence-corrected chi connectivity index (χ1v) is 11.7. The van der Waals surface area contributed by atoms with Crippen molar-refractivity contribution in [2.75, 3.05) is 55.5 Å². The van der Waals surface area contributed by atoms with Crippen molar-refractivity contribution < 1.29 is 18.7 Å². The van der Waals surface area contributed by atoms with E-state index in [0.717, 1.165) is 0 Å². The molecular formula is C23H33FN8O3. The Kier molecular flexibility index (Phi) is 6.93. The molecule has 0 saturated carbocycles. The van der Waals surface area contributed by atoms with E-state index in [-0.39, 0.29) is 18.5 Å². The fraction of sp³-hybridized carbons (Fsp3) is 0.609. The molecule has 2 aromatic heterocycles. The van der Waals surface area contributed by atoms with Gasteiger partial charge in [-0.2, -0.15) is 4.98 Å². The van der Waals surface area contributed by atoms with Crippen molar-refractivity contribution in [2.24, 2.45) is 0 Å². The molecule has 0 radical (unpaired) electrons. The van der Waals surface area contributed by atoms with Gasteiger partial charge < -0.3 is 30.3 Å². The van der Waals surface area contributed by atoms with Crippen LogP contribution in [-0.2, 0) is 9.47 Å². The Balaban J connectivity index is 1.63. The lowest BCUT2D eigenvalue weighted by molar-refractivity contribution is 0.0284. The van der Waals surface area contributed by atoms with Crippen molar-refractivity contribution in [2.45, 2.75) is 51.3 Å². The van der Waals surface area contributed by atoms with Crippen LogP contribution < -0.4 is 16.0 Å². The smallest absolute Gasteiger partial charge is 0.410 e. The fourth-order valence-electron chi connectivity index (χ4n) is 4.14. The van der Waals surface area contributed by atoms with Gasteiger partial charge in [0.2, 0.25) is 11.9 Å². The maximum atomic E-state index is 14.5. The second-order valence-electron chi connectivity index (χ2n) is 10.1. The number of rotatable bonds is 5. The van der Waals surface area contributed by atoms with Crippen LogP contribution in [0.4, 0.5) is 26.9 Å². The predicted octanol–water partition coefficient (Wildman–Crippen LogP) is 2.50. The lowest BCUT2D eigenvalue weighted by atomic mass is 10.0. The van der Waals surface area contributed by atoms with Crippen molar-refractivity contribution in [3.63, 3.8) is 0 Å². The van der Waals surface area contributed by atoms with Gasteiger partial charge in [0.15, 0.2) is 0 Å². The molecule has 0 bridgehead atoms. The number of likely N-dealkylation sites (tertiary alicyclic amines) is 1. The van der Waals surface area contributed by atoms with E-state index in [2.05, 4.69) is 20.2 Å². The summed E-state index contributed by atoms with van der Waals surface area (Å²) in [5.41, 5.74) is 5.26. The number of carbonyl (C=O) groups is 1. The van der Waals surface area contributed by atoms with Crippen molar-refractivity contribution in [1.29, 1.82) is 0 Å². The van der Waals surface area contributed by atoms with Gasteiger partial charge in [0.25, 0.3) is 0 Å². The van der Waals surface area contributed by atoms with Gasteiger partial charge in [0.05, 0.1) is 30.5 Å². The standard InChI is InChI=1S/C23H33FN8O3/c1-15-12-34-8-7-32(15)20-28-17(16-10-26-19(25)27-11-16)9-18(29-20)30-23(13-24)5-6-31(14-23)21(33)35-22(2,3)4/h9-11,15H,5-8,12-14H2,1-4H3,(H2,25,26,27)(H,28,29,30)/t15-,23+/m0/s1. The van der Waals surface area contributed by atoms with Gasteiger partial charge in [0.1, 0.15) is 18.1 Å². The molecule has 0 aliphatic carbocycles. The van der Waals surface area contributed by atoms with Crippen molar-refractivity contribution in [1.82, 2.24) is 24.8 Å². The largest absolute Gasteiger partial charge is 0.444 e. The Hall–Kier alpha value is -3.28. The number of nitrogen functional groups attached to an aromatic ring is 1. The van der Waals surface area contributed by atoms with Gasteiger partial charge in [0, 0.05) is 43.7 Å². The lowest BCUT2D eigenvalue weighted by Gasteiger charge is -2.34. The number of hydrogen-bond acceptors (Lipinski definition) is 10. The summed E-state index contributed by atoms with van der Waals surface area (Å²) in [6, 6.07) is 1.80. The molecule has 0 unspecified atom stereocenters. The second-order valence-corrected chi connectivity index (χ2v) is 10.1. The van der Waals surface area contributed by atoms with Gasteiger partial charge in [-0.3, -0.25) is 0 Å². The number of nitrogens with zero attached hydrogens (tertiary/aromatic N) is 6. The molecule has 4 rings (SSSR count). The maximum Gasteiger partial charge on any atom is 0.410 e. The summed E-state index contributed by atoms with van der Waals surface area (Å²) >= 11 is 0. The SMILES string of the molecule is C[C@H]1COCCN1c1nc(N[C@@]2(CF)CCN(C(=O)OC(C)(C)C)C2)cc(-c2cnc(N)nc2)n1. The zero-order valence-electron chi connectivity index (χ0n) is 20.6. The highest BCUT2D eigenvalue weighted by Crippen LogP contribution is 2.30. The van der Waals surface area contributed by atoms with E-state index in [4.69, 9.17) is 25.2 Å². The quantitative estimate of drug-likeness (QED) is 0.647. The molecule has 2 atom stereocenters. The van der Waals surface area contributed by atoms with Gasteiger partial charge >= 0.3 is 6.09 Å². The molecule has 190 valence electrons. The molecule has 4 heterocycles. The molecule has 0 spiro atoms. The number of amides is 1. The minimum atomic E-state index is -0.992. The summed E-state index contributed by atoms with van der Waals surface area (Å²) in [7, 11) is 0. The number of halogens is 1. The summed E-state index contributed by atoms with van der Waals surface area (Å²) < 4.78 is 25.5. The minimum absolute atomic E-state index is 0.0683. The molecule has 2 aliphatic heterocycles. The Bertz CT molecular complexity index is 1050. The van der Waals surface area contributed by atoms with Crippen molar-refractivity contribution >= 4 is 23.8 Å². The minimum Gasteiger partial charge on any atom is -0.444 e. The molecule has 3 N–H and O–H groups in total. The summed E-state index contributed by atoms with van der Waals surface area (Å²) in [5, 5.41) is 3.27. The van der Waals surface area contributed by atoms with Gasteiger partial charge in [-0.05, 0) is 34.1 Å². The molecule has 0 aromatic carbocycles. The summed E-state index contributed by atoms with van der Waals surface area (Å²) in [6.07, 6.45) is 3.13. The molecule has 1 amide bonds. The monoisotopic (exact) mass is 488 g/mol.